The summed E-state index contributed by atoms with van der Waals surface area (Å²) in [5.74, 6) is -0.209. The van der Waals surface area contributed by atoms with E-state index in [1.165, 1.54) is 12.5 Å². The van der Waals surface area contributed by atoms with Crippen LogP contribution in [-0.4, -0.2) is 12.5 Å². The predicted octanol–water partition coefficient (Wildman–Crippen LogP) is 3.23. The van der Waals surface area contributed by atoms with Gasteiger partial charge in [-0.3, -0.25) is 4.79 Å². The molecule has 0 saturated heterocycles. The van der Waals surface area contributed by atoms with Crippen molar-refractivity contribution < 1.29 is 9.18 Å². The zero-order valence-electron chi connectivity index (χ0n) is 13.0. The third-order valence-electron chi connectivity index (χ3n) is 5.40. The van der Waals surface area contributed by atoms with Gasteiger partial charge in [-0.25, -0.2) is 4.39 Å². The van der Waals surface area contributed by atoms with Crippen LogP contribution in [0.25, 0.3) is 0 Å². The summed E-state index contributed by atoms with van der Waals surface area (Å²) in [4.78, 5) is 12.5. The summed E-state index contributed by atoms with van der Waals surface area (Å²) < 4.78 is 14.0. The lowest BCUT2D eigenvalue weighted by Crippen LogP contribution is -2.42. The van der Waals surface area contributed by atoms with Gasteiger partial charge in [0.15, 0.2) is 0 Å². The van der Waals surface area contributed by atoms with Gasteiger partial charge in [0, 0.05) is 12.0 Å². The largest absolute Gasteiger partial charge is 0.346 e. The highest BCUT2D eigenvalue weighted by Crippen LogP contribution is 2.47. The first-order chi connectivity index (χ1) is 10.6. The molecule has 2 aliphatic rings. The van der Waals surface area contributed by atoms with Crippen molar-refractivity contribution in [1.82, 2.24) is 5.32 Å². The second kappa shape index (κ2) is 5.99. The maximum atomic E-state index is 14.0. The molecule has 0 aromatic heterocycles. The summed E-state index contributed by atoms with van der Waals surface area (Å²) in [5.41, 5.74) is 6.05. The second-order valence-corrected chi connectivity index (χ2v) is 7.05. The zero-order chi connectivity index (χ0) is 15.6. The molecule has 0 atom stereocenters. The number of nitrogens with two attached hydrogens (primary N) is 1. The van der Waals surface area contributed by atoms with E-state index in [0.29, 0.717) is 18.5 Å². The second-order valence-electron chi connectivity index (χ2n) is 7.05. The zero-order valence-corrected chi connectivity index (χ0v) is 13.0. The number of carbonyl (C=O) groups is 1. The fraction of sp³-hybridized carbons (Fsp3) is 0.611. The van der Waals surface area contributed by atoms with Gasteiger partial charge >= 0.3 is 0 Å². The van der Waals surface area contributed by atoms with E-state index in [0.717, 1.165) is 38.5 Å². The third kappa shape index (κ3) is 3.02. The van der Waals surface area contributed by atoms with Gasteiger partial charge in [0.25, 0.3) is 0 Å². The summed E-state index contributed by atoms with van der Waals surface area (Å²) in [6.07, 6.45) is 7.71. The number of carbonyl (C=O) groups excluding carboxylic acids is 1. The monoisotopic (exact) mass is 304 g/mol. The molecule has 2 aliphatic carbocycles. The molecule has 0 heterocycles. The highest BCUT2D eigenvalue weighted by Gasteiger charge is 2.48. The lowest BCUT2D eigenvalue weighted by atomic mass is 9.71. The minimum absolute atomic E-state index is 0.0214. The number of amides is 1. The molecule has 22 heavy (non-hydrogen) atoms. The van der Waals surface area contributed by atoms with Crippen LogP contribution in [0.5, 0.6) is 0 Å². The Morgan fingerprint density at radius 1 is 1.14 bits per heavy atom. The van der Waals surface area contributed by atoms with E-state index in [4.69, 9.17) is 5.73 Å². The van der Waals surface area contributed by atoms with Gasteiger partial charge in [-0.05, 0) is 43.7 Å². The van der Waals surface area contributed by atoms with E-state index in [2.05, 4.69) is 5.32 Å². The van der Waals surface area contributed by atoms with Gasteiger partial charge in [0.2, 0.25) is 5.91 Å². The van der Waals surface area contributed by atoms with Crippen LogP contribution in [-0.2, 0) is 10.3 Å². The van der Waals surface area contributed by atoms with Crippen molar-refractivity contribution in [3.05, 3.63) is 35.6 Å². The lowest BCUT2D eigenvalue weighted by Gasteiger charge is -2.36. The molecule has 0 aliphatic heterocycles. The van der Waals surface area contributed by atoms with Crippen LogP contribution < -0.4 is 11.1 Å². The Balaban J connectivity index is 1.68. The van der Waals surface area contributed by atoms with Crippen LogP contribution in [0.3, 0.4) is 0 Å². The van der Waals surface area contributed by atoms with E-state index >= 15 is 0 Å². The van der Waals surface area contributed by atoms with Crippen LogP contribution in [0.4, 0.5) is 4.39 Å². The third-order valence-corrected chi connectivity index (χ3v) is 5.40. The highest BCUT2D eigenvalue weighted by atomic mass is 19.1. The molecule has 0 bridgehead atoms. The number of hydrogen-bond donors (Lipinski definition) is 2. The molecule has 4 heteroatoms. The maximum Gasteiger partial charge on any atom is 0.221 e. The normalized spacial score (nSPS) is 22.1. The van der Waals surface area contributed by atoms with Gasteiger partial charge < -0.3 is 11.1 Å². The van der Waals surface area contributed by atoms with Crippen molar-refractivity contribution in [3.8, 4) is 0 Å². The van der Waals surface area contributed by atoms with Crippen LogP contribution >= 0.6 is 0 Å². The van der Waals surface area contributed by atoms with Crippen molar-refractivity contribution >= 4 is 5.91 Å². The van der Waals surface area contributed by atoms with Crippen molar-refractivity contribution in [3.63, 3.8) is 0 Å². The first kappa shape index (κ1) is 15.5. The molecule has 0 unspecified atom stereocenters. The average Bonchev–Trinajstić information content (AvgIpc) is 3.29. The average molecular weight is 304 g/mol. The molecule has 1 amide bonds. The van der Waals surface area contributed by atoms with Crippen LogP contribution in [0.1, 0.15) is 56.9 Å². The lowest BCUT2D eigenvalue weighted by molar-refractivity contribution is -0.125. The van der Waals surface area contributed by atoms with Gasteiger partial charge in [-0.2, -0.15) is 0 Å². The Morgan fingerprint density at radius 2 is 1.82 bits per heavy atom. The van der Waals surface area contributed by atoms with Gasteiger partial charge in [0.05, 0.1) is 5.54 Å². The minimum atomic E-state index is -0.479. The van der Waals surface area contributed by atoms with Gasteiger partial charge in [-0.15, -0.1) is 0 Å². The Bertz CT molecular complexity index is 548. The fourth-order valence-electron chi connectivity index (χ4n) is 3.84. The Labute approximate surface area is 131 Å². The molecular formula is C18H25FN2O. The highest BCUT2D eigenvalue weighted by molar-refractivity contribution is 5.78. The van der Waals surface area contributed by atoms with Crippen molar-refractivity contribution in [2.45, 2.75) is 56.9 Å². The summed E-state index contributed by atoms with van der Waals surface area (Å²) in [6.45, 7) is 0.563. The van der Waals surface area contributed by atoms with Crippen LogP contribution in [0.2, 0.25) is 0 Å². The standard InChI is InChI=1S/C18H25FN2O/c19-15-7-3-2-6-14(15)18(10-11-18)21-16(22)12-17(13-20)8-4-1-5-9-17/h2-3,6-7H,1,4-5,8-13,20H2,(H,21,22). The summed E-state index contributed by atoms with van der Waals surface area (Å²) in [5, 5.41) is 3.10. The summed E-state index contributed by atoms with van der Waals surface area (Å²) >= 11 is 0. The molecular weight excluding hydrogens is 279 g/mol. The molecule has 2 saturated carbocycles. The molecule has 1 aromatic carbocycles. The van der Waals surface area contributed by atoms with E-state index in [1.807, 2.05) is 6.07 Å². The fourth-order valence-corrected chi connectivity index (χ4v) is 3.84. The van der Waals surface area contributed by atoms with Gasteiger partial charge in [0.1, 0.15) is 5.82 Å². The first-order valence-electron chi connectivity index (χ1n) is 8.35. The molecule has 2 fully saturated rings. The first-order valence-corrected chi connectivity index (χ1v) is 8.35. The van der Waals surface area contributed by atoms with E-state index < -0.39 is 5.54 Å². The minimum Gasteiger partial charge on any atom is -0.346 e. The van der Waals surface area contributed by atoms with E-state index in [9.17, 15) is 9.18 Å². The SMILES string of the molecule is NCC1(CC(=O)NC2(c3ccccc3F)CC2)CCCCC1. The summed E-state index contributed by atoms with van der Waals surface area (Å²) in [6, 6.07) is 6.75. The van der Waals surface area contributed by atoms with Crippen molar-refractivity contribution in [2.24, 2.45) is 11.1 Å². The van der Waals surface area contributed by atoms with Crippen LogP contribution in [0.15, 0.2) is 24.3 Å². The smallest absolute Gasteiger partial charge is 0.221 e. The van der Waals surface area contributed by atoms with Crippen molar-refractivity contribution in [2.75, 3.05) is 6.54 Å². The maximum absolute atomic E-state index is 14.0. The molecule has 3 N–H and O–H groups in total. The quantitative estimate of drug-likeness (QED) is 0.877. The van der Waals surface area contributed by atoms with Crippen molar-refractivity contribution in [1.29, 1.82) is 0 Å². The van der Waals surface area contributed by atoms with E-state index in [-0.39, 0.29) is 17.1 Å². The Morgan fingerprint density at radius 3 is 2.41 bits per heavy atom. The Hall–Kier alpha value is -1.42. The summed E-state index contributed by atoms with van der Waals surface area (Å²) in [7, 11) is 0. The number of benzene rings is 1. The van der Waals surface area contributed by atoms with Gasteiger partial charge in [-0.1, -0.05) is 37.5 Å². The molecule has 1 aromatic rings. The molecule has 0 spiro atoms. The number of hydrogen-bond acceptors (Lipinski definition) is 2. The molecule has 3 rings (SSSR count). The number of rotatable bonds is 5. The van der Waals surface area contributed by atoms with E-state index in [1.54, 1.807) is 12.1 Å². The Kier molecular flexibility index (Phi) is 4.22. The topological polar surface area (TPSA) is 55.1 Å². The van der Waals surface area contributed by atoms with Crippen LogP contribution in [0, 0.1) is 11.2 Å². The predicted molar refractivity (Wildman–Crippen MR) is 84.6 cm³/mol. The number of halogens is 1. The molecule has 0 radical (unpaired) electrons. The molecule has 3 nitrogen and oxygen atoms in total. The molecule has 120 valence electrons. The number of nitrogens with one attached hydrogen (secondary N) is 1.